The second-order valence-corrected chi connectivity index (χ2v) is 4.30. The highest BCUT2D eigenvalue weighted by Gasteiger charge is 2.16. The van der Waals surface area contributed by atoms with Crippen molar-refractivity contribution in [3.63, 3.8) is 0 Å². The van der Waals surface area contributed by atoms with Crippen molar-refractivity contribution in [1.29, 1.82) is 0 Å². The molecule has 0 fully saturated rings. The van der Waals surface area contributed by atoms with E-state index < -0.39 is 17.3 Å². The Morgan fingerprint density at radius 2 is 1.94 bits per heavy atom. The predicted molar refractivity (Wildman–Crippen MR) is 68.3 cm³/mol. The molecule has 1 heterocycles. The molecule has 6 heteroatoms. The van der Waals surface area contributed by atoms with E-state index in [4.69, 9.17) is 10.5 Å². The normalized spacial score (nSPS) is 10.4. The molecule has 2 aromatic rings. The van der Waals surface area contributed by atoms with E-state index in [0.29, 0.717) is 15.9 Å². The van der Waals surface area contributed by atoms with Crippen LogP contribution in [0.1, 0.15) is 0 Å². The molecule has 0 radical (unpaired) electrons. The summed E-state index contributed by atoms with van der Waals surface area (Å²) in [5, 5.41) is 0. The standard InChI is InChI=1S/C12H9BrF2N2O/c1-18-12-9(13)6(4-5-17-12)7-2-3-8(14)11(16)10(7)15/h2-5H,16H2,1H3. The van der Waals surface area contributed by atoms with Gasteiger partial charge in [-0.1, -0.05) is 0 Å². The first-order valence-corrected chi connectivity index (χ1v) is 5.78. The molecule has 0 atom stereocenters. The monoisotopic (exact) mass is 314 g/mol. The van der Waals surface area contributed by atoms with Crippen molar-refractivity contribution in [2.45, 2.75) is 0 Å². The Hall–Kier alpha value is -1.69. The minimum Gasteiger partial charge on any atom is -0.480 e. The van der Waals surface area contributed by atoms with Crippen LogP contribution < -0.4 is 10.5 Å². The number of benzene rings is 1. The van der Waals surface area contributed by atoms with Gasteiger partial charge in [0.2, 0.25) is 5.88 Å². The topological polar surface area (TPSA) is 48.1 Å². The van der Waals surface area contributed by atoms with Gasteiger partial charge in [-0.2, -0.15) is 0 Å². The average molecular weight is 315 g/mol. The number of nitrogen functional groups attached to an aromatic ring is 1. The van der Waals surface area contributed by atoms with Gasteiger partial charge in [-0.15, -0.1) is 0 Å². The molecule has 1 aromatic heterocycles. The van der Waals surface area contributed by atoms with E-state index in [1.165, 1.54) is 19.4 Å². The number of ether oxygens (including phenoxy) is 1. The van der Waals surface area contributed by atoms with Crippen molar-refractivity contribution in [2.24, 2.45) is 0 Å². The summed E-state index contributed by atoms with van der Waals surface area (Å²) in [5.41, 5.74) is 5.50. The van der Waals surface area contributed by atoms with Gasteiger partial charge < -0.3 is 10.5 Å². The summed E-state index contributed by atoms with van der Waals surface area (Å²) in [7, 11) is 1.45. The molecule has 18 heavy (non-hydrogen) atoms. The van der Waals surface area contributed by atoms with Gasteiger partial charge in [0.05, 0.1) is 11.6 Å². The Labute approximate surface area is 111 Å². The molecule has 0 aliphatic carbocycles. The molecule has 0 saturated carbocycles. The van der Waals surface area contributed by atoms with Crippen molar-refractivity contribution in [3.05, 3.63) is 40.5 Å². The lowest BCUT2D eigenvalue weighted by Crippen LogP contribution is -1.99. The Bertz CT molecular complexity index is 605. The number of pyridine rings is 1. The smallest absolute Gasteiger partial charge is 0.228 e. The minimum absolute atomic E-state index is 0.182. The maximum Gasteiger partial charge on any atom is 0.228 e. The Balaban J connectivity index is 2.66. The molecule has 2 N–H and O–H groups in total. The number of rotatable bonds is 2. The molecule has 0 saturated heterocycles. The molecule has 0 bridgehead atoms. The van der Waals surface area contributed by atoms with Gasteiger partial charge in [0.25, 0.3) is 0 Å². The molecular formula is C12H9BrF2N2O. The van der Waals surface area contributed by atoms with Crippen molar-refractivity contribution < 1.29 is 13.5 Å². The fraction of sp³-hybridized carbons (Fsp3) is 0.0833. The van der Waals surface area contributed by atoms with Crippen LogP contribution in [-0.4, -0.2) is 12.1 Å². The van der Waals surface area contributed by atoms with E-state index in [0.717, 1.165) is 6.07 Å². The highest BCUT2D eigenvalue weighted by atomic mass is 79.9. The quantitative estimate of drug-likeness (QED) is 0.864. The maximum atomic E-state index is 13.9. The second-order valence-electron chi connectivity index (χ2n) is 3.50. The van der Waals surface area contributed by atoms with Crippen LogP contribution in [0.25, 0.3) is 11.1 Å². The third-order valence-corrected chi connectivity index (χ3v) is 3.23. The van der Waals surface area contributed by atoms with Crippen LogP contribution in [0.2, 0.25) is 0 Å². The number of halogens is 3. The third-order valence-electron chi connectivity index (χ3n) is 2.47. The zero-order valence-electron chi connectivity index (χ0n) is 9.38. The fourth-order valence-electron chi connectivity index (χ4n) is 1.55. The molecule has 2 rings (SSSR count). The van der Waals surface area contributed by atoms with Crippen molar-refractivity contribution >= 4 is 21.6 Å². The van der Waals surface area contributed by atoms with Crippen molar-refractivity contribution in [2.75, 3.05) is 12.8 Å². The summed E-state index contributed by atoms with van der Waals surface area (Å²) in [6, 6.07) is 4.02. The first-order valence-electron chi connectivity index (χ1n) is 4.98. The summed E-state index contributed by atoms with van der Waals surface area (Å²) in [5.74, 6) is -1.27. The number of methoxy groups -OCH3 is 1. The summed E-state index contributed by atoms with van der Waals surface area (Å²) in [4.78, 5) is 3.96. The van der Waals surface area contributed by atoms with E-state index in [-0.39, 0.29) is 5.56 Å². The molecule has 0 amide bonds. The molecule has 94 valence electrons. The number of hydrogen-bond acceptors (Lipinski definition) is 3. The van der Waals surface area contributed by atoms with Crippen molar-refractivity contribution in [3.8, 4) is 17.0 Å². The van der Waals surface area contributed by atoms with Crippen LogP contribution >= 0.6 is 15.9 Å². The number of nitrogens with zero attached hydrogens (tertiary/aromatic N) is 1. The molecule has 0 spiro atoms. The molecule has 1 aromatic carbocycles. The fourth-order valence-corrected chi connectivity index (χ4v) is 2.16. The van der Waals surface area contributed by atoms with Gasteiger partial charge >= 0.3 is 0 Å². The Morgan fingerprint density at radius 3 is 2.61 bits per heavy atom. The van der Waals surface area contributed by atoms with Gasteiger partial charge in [0.15, 0.2) is 5.82 Å². The van der Waals surface area contributed by atoms with Crippen LogP contribution in [0, 0.1) is 11.6 Å². The lowest BCUT2D eigenvalue weighted by molar-refractivity contribution is 0.395. The van der Waals surface area contributed by atoms with Crippen LogP contribution in [-0.2, 0) is 0 Å². The molecular weight excluding hydrogens is 306 g/mol. The highest BCUT2D eigenvalue weighted by molar-refractivity contribution is 9.10. The Kier molecular flexibility index (Phi) is 3.47. The number of hydrogen-bond donors (Lipinski definition) is 1. The lowest BCUT2D eigenvalue weighted by atomic mass is 10.1. The number of nitrogens with two attached hydrogens (primary N) is 1. The SMILES string of the molecule is COc1nccc(-c2ccc(F)c(N)c2F)c1Br. The van der Waals surface area contributed by atoms with E-state index in [2.05, 4.69) is 20.9 Å². The Morgan fingerprint density at radius 1 is 1.22 bits per heavy atom. The first-order chi connectivity index (χ1) is 8.56. The van der Waals surface area contributed by atoms with E-state index >= 15 is 0 Å². The van der Waals surface area contributed by atoms with E-state index in [1.54, 1.807) is 6.07 Å². The van der Waals surface area contributed by atoms with E-state index in [9.17, 15) is 8.78 Å². The maximum absolute atomic E-state index is 13.9. The highest BCUT2D eigenvalue weighted by Crippen LogP contribution is 2.36. The van der Waals surface area contributed by atoms with Gasteiger partial charge in [-0.25, -0.2) is 13.8 Å². The second kappa shape index (κ2) is 4.89. The van der Waals surface area contributed by atoms with Gasteiger partial charge in [0, 0.05) is 17.3 Å². The molecule has 0 aliphatic rings. The van der Waals surface area contributed by atoms with Gasteiger partial charge in [-0.05, 0) is 34.1 Å². The van der Waals surface area contributed by atoms with Crippen LogP contribution in [0.15, 0.2) is 28.9 Å². The van der Waals surface area contributed by atoms with Crippen LogP contribution in [0.4, 0.5) is 14.5 Å². The third kappa shape index (κ3) is 2.03. The average Bonchev–Trinajstić information content (AvgIpc) is 2.37. The molecule has 0 unspecified atom stereocenters. The van der Waals surface area contributed by atoms with Gasteiger partial charge in [-0.3, -0.25) is 0 Å². The summed E-state index contributed by atoms with van der Waals surface area (Å²) >= 11 is 3.27. The van der Waals surface area contributed by atoms with Gasteiger partial charge in [0.1, 0.15) is 11.5 Å². The minimum atomic E-state index is -0.802. The zero-order valence-corrected chi connectivity index (χ0v) is 11.0. The zero-order chi connectivity index (χ0) is 13.3. The summed E-state index contributed by atoms with van der Waals surface area (Å²) in [6.07, 6.45) is 1.47. The van der Waals surface area contributed by atoms with Crippen molar-refractivity contribution in [1.82, 2.24) is 4.98 Å². The van der Waals surface area contributed by atoms with Crippen LogP contribution in [0.5, 0.6) is 5.88 Å². The van der Waals surface area contributed by atoms with Crippen LogP contribution in [0.3, 0.4) is 0 Å². The lowest BCUT2D eigenvalue weighted by Gasteiger charge is -2.10. The molecule has 0 aliphatic heterocycles. The largest absolute Gasteiger partial charge is 0.480 e. The first kappa shape index (κ1) is 12.8. The predicted octanol–water partition coefficient (Wildman–Crippen LogP) is 3.38. The van der Waals surface area contributed by atoms with E-state index in [1.807, 2.05) is 0 Å². The number of aromatic nitrogens is 1. The number of anilines is 1. The summed E-state index contributed by atoms with van der Waals surface area (Å²) < 4.78 is 32.5. The summed E-state index contributed by atoms with van der Waals surface area (Å²) in [6.45, 7) is 0. The molecule has 3 nitrogen and oxygen atoms in total.